The van der Waals surface area contributed by atoms with Crippen molar-refractivity contribution in [3.63, 3.8) is 0 Å². The number of para-hydroxylation sites is 1. The van der Waals surface area contributed by atoms with E-state index in [-0.39, 0.29) is 0 Å². The van der Waals surface area contributed by atoms with E-state index in [0.717, 1.165) is 32.9 Å². The summed E-state index contributed by atoms with van der Waals surface area (Å²) in [6, 6.07) is 21.5. The average molecular weight is 346 g/mol. The van der Waals surface area contributed by atoms with Crippen molar-refractivity contribution in [3.05, 3.63) is 71.9 Å². The number of hydrogen-bond acceptors (Lipinski definition) is 1. The Morgan fingerprint density at radius 2 is 1.74 bits per heavy atom. The largest absolute Gasteiger partial charge is 0.307 e. The highest BCUT2D eigenvalue weighted by atomic mass is 15.0. The van der Waals surface area contributed by atoms with Gasteiger partial charge in [0.25, 0.3) is 0 Å². The maximum atomic E-state index is 9.85. The molecule has 3 heteroatoms. The van der Waals surface area contributed by atoms with Crippen LogP contribution in [0, 0.1) is 18.3 Å². The number of pyridine rings is 2. The minimum absolute atomic E-state index is 0.746. The smallest absolute Gasteiger partial charge is 0.224 e. The van der Waals surface area contributed by atoms with Crippen LogP contribution in [0.1, 0.15) is 11.1 Å². The molecule has 126 valence electrons. The number of benzene rings is 3. The molecule has 0 atom stereocenters. The van der Waals surface area contributed by atoms with Crippen molar-refractivity contribution in [3.8, 4) is 6.07 Å². The van der Waals surface area contributed by atoms with E-state index in [2.05, 4.69) is 83.7 Å². The molecular formula is C24H16N3+. The van der Waals surface area contributed by atoms with Crippen molar-refractivity contribution >= 4 is 49.0 Å². The molecule has 0 unspecified atom stereocenters. The summed E-state index contributed by atoms with van der Waals surface area (Å²) in [7, 11) is 2.10. The fourth-order valence-electron chi connectivity index (χ4n) is 4.82. The number of fused-ring (bicyclic) bond motifs is 5. The van der Waals surface area contributed by atoms with Crippen LogP contribution in [0.4, 0.5) is 0 Å². The van der Waals surface area contributed by atoms with Gasteiger partial charge in [-0.2, -0.15) is 5.26 Å². The second kappa shape index (κ2) is 4.75. The average Bonchev–Trinajstić information content (AvgIpc) is 3.04. The molecule has 0 aliphatic rings. The van der Waals surface area contributed by atoms with Gasteiger partial charge in [0.05, 0.1) is 39.0 Å². The summed E-state index contributed by atoms with van der Waals surface area (Å²) >= 11 is 0. The van der Waals surface area contributed by atoms with E-state index in [9.17, 15) is 5.26 Å². The van der Waals surface area contributed by atoms with Crippen molar-refractivity contribution < 1.29 is 4.57 Å². The first-order chi connectivity index (χ1) is 13.2. The lowest BCUT2D eigenvalue weighted by Crippen LogP contribution is -2.28. The molecule has 3 aromatic carbocycles. The van der Waals surface area contributed by atoms with Gasteiger partial charge in [0.15, 0.2) is 6.20 Å². The number of nitrogens with zero attached hydrogens (tertiary/aromatic N) is 3. The summed E-state index contributed by atoms with van der Waals surface area (Å²) in [4.78, 5) is 0. The van der Waals surface area contributed by atoms with E-state index >= 15 is 0 Å². The van der Waals surface area contributed by atoms with Crippen molar-refractivity contribution in [2.45, 2.75) is 6.92 Å². The summed E-state index contributed by atoms with van der Waals surface area (Å²) in [5, 5.41) is 15.8. The number of hydrogen-bond donors (Lipinski definition) is 0. The topological polar surface area (TPSA) is 32.1 Å². The molecule has 6 rings (SSSR count). The minimum Gasteiger partial charge on any atom is -0.307 e. The van der Waals surface area contributed by atoms with E-state index in [1.54, 1.807) is 0 Å². The molecule has 0 bridgehead atoms. The molecule has 3 nitrogen and oxygen atoms in total. The Balaban J connectivity index is 2.18. The number of aromatic nitrogens is 2. The molecule has 27 heavy (non-hydrogen) atoms. The van der Waals surface area contributed by atoms with Crippen molar-refractivity contribution in [1.82, 2.24) is 4.40 Å². The van der Waals surface area contributed by atoms with Gasteiger partial charge in [-0.1, -0.05) is 30.3 Å². The van der Waals surface area contributed by atoms with Crippen LogP contribution in [0.3, 0.4) is 0 Å². The highest BCUT2D eigenvalue weighted by molar-refractivity contribution is 6.26. The summed E-state index contributed by atoms with van der Waals surface area (Å²) in [5.74, 6) is 0. The molecule has 0 spiro atoms. The lowest BCUT2D eigenvalue weighted by molar-refractivity contribution is -0.643. The zero-order valence-corrected chi connectivity index (χ0v) is 15.1. The van der Waals surface area contributed by atoms with Crippen molar-refractivity contribution in [2.75, 3.05) is 0 Å². The first kappa shape index (κ1) is 14.5. The standard InChI is InChI=1S/C24H16N3/c1-14-12-16(13-25)21-17-7-3-4-8-18(17)27-19-9-5-6-15-10-11-26(2)23(22(15)19)20(14)24(21)27/h3-12H,1-2H3/q+1. The van der Waals surface area contributed by atoms with Gasteiger partial charge in [-0.15, -0.1) is 0 Å². The van der Waals surface area contributed by atoms with Gasteiger partial charge in [0.1, 0.15) is 7.05 Å². The zero-order valence-electron chi connectivity index (χ0n) is 15.1. The van der Waals surface area contributed by atoms with Crippen molar-refractivity contribution in [1.29, 1.82) is 5.26 Å². The molecule has 0 saturated carbocycles. The Morgan fingerprint density at radius 3 is 2.59 bits per heavy atom. The highest BCUT2D eigenvalue weighted by Crippen LogP contribution is 2.41. The fourth-order valence-corrected chi connectivity index (χ4v) is 4.82. The summed E-state index contributed by atoms with van der Waals surface area (Å²) in [6.45, 7) is 2.12. The molecule has 3 aromatic heterocycles. The predicted molar refractivity (Wildman–Crippen MR) is 109 cm³/mol. The maximum Gasteiger partial charge on any atom is 0.224 e. The molecule has 6 aromatic rings. The summed E-state index contributed by atoms with van der Waals surface area (Å²) in [6.07, 6.45) is 2.13. The molecule has 0 N–H and O–H groups in total. The molecule has 0 aliphatic carbocycles. The van der Waals surface area contributed by atoms with Gasteiger partial charge >= 0.3 is 0 Å². The Bertz CT molecular complexity index is 1600. The van der Waals surface area contributed by atoms with Crippen LogP contribution in [-0.2, 0) is 7.05 Å². The maximum absolute atomic E-state index is 9.85. The van der Waals surface area contributed by atoms with Crippen molar-refractivity contribution in [2.24, 2.45) is 7.05 Å². The second-order valence-electron chi connectivity index (χ2n) is 7.32. The third-order valence-corrected chi connectivity index (χ3v) is 5.88. The van der Waals surface area contributed by atoms with Crippen LogP contribution in [0.15, 0.2) is 60.8 Å². The molecule has 3 heterocycles. The van der Waals surface area contributed by atoms with E-state index in [4.69, 9.17) is 0 Å². The Labute approximate surface area is 155 Å². The van der Waals surface area contributed by atoms with Crippen LogP contribution in [0.5, 0.6) is 0 Å². The van der Waals surface area contributed by atoms with E-state index in [0.29, 0.717) is 0 Å². The third-order valence-electron chi connectivity index (χ3n) is 5.88. The zero-order chi connectivity index (χ0) is 18.3. The van der Waals surface area contributed by atoms with Gasteiger partial charge in [-0.25, -0.2) is 4.57 Å². The summed E-state index contributed by atoms with van der Waals surface area (Å²) in [5.41, 5.74) is 6.60. The van der Waals surface area contributed by atoms with Gasteiger partial charge in [0, 0.05) is 16.8 Å². The number of rotatable bonds is 0. The lowest BCUT2D eigenvalue weighted by atomic mass is 9.97. The first-order valence-electron chi connectivity index (χ1n) is 9.09. The monoisotopic (exact) mass is 346 g/mol. The molecule has 0 saturated heterocycles. The number of aryl methyl sites for hydroxylation is 2. The van der Waals surface area contributed by atoms with Crippen LogP contribution < -0.4 is 4.57 Å². The lowest BCUT2D eigenvalue weighted by Gasteiger charge is -2.13. The molecule has 0 amide bonds. The van der Waals surface area contributed by atoms with Gasteiger partial charge in [-0.05, 0) is 36.1 Å². The Morgan fingerprint density at radius 1 is 0.926 bits per heavy atom. The quantitative estimate of drug-likeness (QED) is 0.216. The minimum atomic E-state index is 0.746. The van der Waals surface area contributed by atoms with Crippen LogP contribution in [0.25, 0.3) is 49.0 Å². The van der Waals surface area contributed by atoms with Crippen LogP contribution >= 0.6 is 0 Å². The SMILES string of the molecule is Cc1cc(C#N)c2c3ccccc3n3c4cccc5cc[n+](C)c(c1c23)c54. The molecule has 0 radical (unpaired) electrons. The normalized spacial score (nSPS) is 12.0. The van der Waals surface area contributed by atoms with E-state index < -0.39 is 0 Å². The van der Waals surface area contributed by atoms with E-state index in [1.807, 2.05) is 6.07 Å². The third kappa shape index (κ3) is 1.59. The predicted octanol–water partition coefficient (Wildman–Crippen LogP) is 4.99. The first-order valence-corrected chi connectivity index (χ1v) is 9.09. The Hall–Kier alpha value is -3.64. The van der Waals surface area contributed by atoms with Crippen LogP contribution in [-0.4, -0.2) is 4.40 Å². The highest BCUT2D eigenvalue weighted by Gasteiger charge is 2.25. The Kier molecular flexibility index (Phi) is 2.55. The van der Waals surface area contributed by atoms with Gasteiger partial charge in [0.2, 0.25) is 5.52 Å². The molecule has 0 fully saturated rings. The molecular weight excluding hydrogens is 330 g/mol. The van der Waals surface area contributed by atoms with E-state index in [1.165, 1.54) is 27.2 Å². The summed E-state index contributed by atoms with van der Waals surface area (Å²) < 4.78 is 4.56. The molecule has 0 aliphatic heterocycles. The fraction of sp³-hybridized carbons (Fsp3) is 0.0833. The second-order valence-corrected chi connectivity index (χ2v) is 7.32. The van der Waals surface area contributed by atoms with Gasteiger partial charge in [-0.3, -0.25) is 0 Å². The number of nitriles is 1. The van der Waals surface area contributed by atoms with Crippen LogP contribution in [0.2, 0.25) is 0 Å². The van der Waals surface area contributed by atoms with Gasteiger partial charge < -0.3 is 4.40 Å².